The van der Waals surface area contributed by atoms with Crippen molar-refractivity contribution in [3.63, 3.8) is 0 Å². The minimum Gasteiger partial charge on any atom is -0.473 e. The van der Waals surface area contributed by atoms with E-state index in [1.165, 1.54) is 12.4 Å². The number of fused-ring (bicyclic) bond motifs is 1. The molecular formula is C23H23BrFN5O3. The van der Waals surface area contributed by atoms with Gasteiger partial charge in [0.25, 0.3) is 0 Å². The molecule has 0 spiro atoms. The van der Waals surface area contributed by atoms with E-state index in [-0.39, 0.29) is 23.6 Å². The Morgan fingerprint density at radius 1 is 1.27 bits per heavy atom. The second-order valence-corrected chi connectivity index (χ2v) is 8.03. The quantitative estimate of drug-likeness (QED) is 0.261. The van der Waals surface area contributed by atoms with Gasteiger partial charge in [0.2, 0.25) is 5.91 Å². The number of aromatic nitrogens is 2. The molecule has 0 aliphatic carbocycles. The average molecular weight is 516 g/mol. The van der Waals surface area contributed by atoms with Crippen LogP contribution in [0.2, 0.25) is 0 Å². The molecule has 2 aromatic carbocycles. The van der Waals surface area contributed by atoms with Gasteiger partial charge in [-0.05, 0) is 30.3 Å². The van der Waals surface area contributed by atoms with Gasteiger partial charge in [0.15, 0.2) is 0 Å². The third-order valence-electron chi connectivity index (χ3n) is 4.74. The van der Waals surface area contributed by atoms with E-state index in [0.29, 0.717) is 39.7 Å². The lowest BCUT2D eigenvalue weighted by Crippen LogP contribution is -2.28. The molecule has 1 unspecified atom stereocenters. The van der Waals surface area contributed by atoms with Crippen LogP contribution in [0.25, 0.3) is 10.9 Å². The summed E-state index contributed by atoms with van der Waals surface area (Å²) in [6, 6.07) is 7.80. The topological polar surface area (TPSA) is 119 Å². The van der Waals surface area contributed by atoms with E-state index in [1.54, 1.807) is 31.2 Å². The second kappa shape index (κ2) is 11.0. The summed E-state index contributed by atoms with van der Waals surface area (Å²) >= 11 is 3.23. The minimum absolute atomic E-state index is 0.0800. The fraction of sp³-hybridized carbons (Fsp3) is 0.217. The highest BCUT2D eigenvalue weighted by Gasteiger charge is 2.16. The lowest BCUT2D eigenvalue weighted by molar-refractivity contribution is -0.119. The summed E-state index contributed by atoms with van der Waals surface area (Å²) < 4.78 is 20.8. The molecule has 33 heavy (non-hydrogen) atoms. The summed E-state index contributed by atoms with van der Waals surface area (Å²) in [5, 5.41) is 6.14. The maximum atomic E-state index is 14.3. The van der Waals surface area contributed by atoms with Gasteiger partial charge in [-0.15, -0.1) is 0 Å². The lowest BCUT2D eigenvalue weighted by atomic mass is 10.1. The summed E-state index contributed by atoms with van der Waals surface area (Å²) in [5.74, 6) is -0.243. The van der Waals surface area contributed by atoms with Crippen molar-refractivity contribution in [1.29, 1.82) is 0 Å². The molecule has 172 valence electrons. The SMILES string of the molecule is C=CC(=O)Nc1cc2c(Nc3ccc(Br)cc3F)ncnc2cc1OC(N)CCC(=O)CC. The summed E-state index contributed by atoms with van der Waals surface area (Å²) in [4.78, 5) is 32.1. The maximum Gasteiger partial charge on any atom is 0.247 e. The summed E-state index contributed by atoms with van der Waals surface area (Å²) in [6.45, 7) is 5.24. The predicted octanol–water partition coefficient (Wildman–Crippen LogP) is 4.82. The Labute approximate surface area is 198 Å². The summed E-state index contributed by atoms with van der Waals surface area (Å²) in [5.41, 5.74) is 7.05. The van der Waals surface area contributed by atoms with Crippen molar-refractivity contribution in [2.24, 2.45) is 5.73 Å². The Morgan fingerprint density at radius 2 is 2.06 bits per heavy atom. The first-order valence-electron chi connectivity index (χ1n) is 10.2. The Hall–Kier alpha value is -3.37. The van der Waals surface area contributed by atoms with Gasteiger partial charge in [0.05, 0.1) is 16.9 Å². The smallest absolute Gasteiger partial charge is 0.247 e. The van der Waals surface area contributed by atoms with Gasteiger partial charge in [-0.2, -0.15) is 0 Å². The third-order valence-corrected chi connectivity index (χ3v) is 5.24. The first-order valence-corrected chi connectivity index (χ1v) is 11.0. The number of anilines is 3. The summed E-state index contributed by atoms with van der Waals surface area (Å²) in [7, 11) is 0. The highest BCUT2D eigenvalue weighted by atomic mass is 79.9. The maximum absolute atomic E-state index is 14.3. The van der Waals surface area contributed by atoms with Gasteiger partial charge in [0.1, 0.15) is 35.7 Å². The Morgan fingerprint density at radius 3 is 2.76 bits per heavy atom. The number of carbonyl (C=O) groups is 2. The van der Waals surface area contributed by atoms with Crippen LogP contribution in [0.15, 0.2) is 53.8 Å². The fourth-order valence-corrected chi connectivity index (χ4v) is 3.32. The number of amides is 1. The Balaban J connectivity index is 1.98. The van der Waals surface area contributed by atoms with Crippen LogP contribution in [0.1, 0.15) is 26.2 Å². The highest BCUT2D eigenvalue weighted by molar-refractivity contribution is 9.10. The largest absolute Gasteiger partial charge is 0.473 e. The van der Waals surface area contributed by atoms with Crippen LogP contribution in [-0.4, -0.2) is 27.9 Å². The molecule has 0 saturated carbocycles. The number of nitrogens with two attached hydrogens (primary N) is 1. The Bertz CT molecular complexity index is 1200. The number of ketones is 1. The van der Waals surface area contributed by atoms with E-state index in [9.17, 15) is 14.0 Å². The van der Waals surface area contributed by atoms with Gasteiger partial charge in [0, 0.05) is 35.2 Å². The molecule has 0 aliphatic rings. The van der Waals surface area contributed by atoms with E-state index >= 15 is 0 Å². The minimum atomic E-state index is -0.770. The van der Waals surface area contributed by atoms with Gasteiger partial charge in [-0.3, -0.25) is 15.3 Å². The number of hydrogen-bond donors (Lipinski definition) is 3. The van der Waals surface area contributed by atoms with Gasteiger partial charge in [-0.1, -0.05) is 29.4 Å². The normalized spacial score (nSPS) is 11.6. The zero-order valence-corrected chi connectivity index (χ0v) is 19.5. The number of rotatable bonds is 10. The zero-order valence-electron chi connectivity index (χ0n) is 17.9. The number of hydrogen-bond acceptors (Lipinski definition) is 7. The molecule has 1 amide bonds. The van der Waals surface area contributed by atoms with Gasteiger partial charge in [-0.25, -0.2) is 14.4 Å². The first-order chi connectivity index (χ1) is 15.8. The van der Waals surface area contributed by atoms with Crippen molar-refractivity contribution in [2.45, 2.75) is 32.4 Å². The second-order valence-electron chi connectivity index (χ2n) is 7.12. The Kier molecular flexibility index (Phi) is 8.07. The molecule has 0 fully saturated rings. The highest BCUT2D eigenvalue weighted by Crippen LogP contribution is 2.34. The fourth-order valence-electron chi connectivity index (χ4n) is 2.98. The molecule has 1 aromatic heterocycles. The third kappa shape index (κ3) is 6.33. The molecule has 8 nitrogen and oxygen atoms in total. The number of ether oxygens (including phenoxy) is 1. The number of benzene rings is 2. The van der Waals surface area contributed by atoms with Crippen molar-refractivity contribution in [3.8, 4) is 5.75 Å². The molecule has 1 heterocycles. The van der Waals surface area contributed by atoms with E-state index in [1.807, 2.05) is 0 Å². The molecule has 1 atom stereocenters. The van der Waals surface area contributed by atoms with Crippen molar-refractivity contribution in [1.82, 2.24) is 9.97 Å². The monoisotopic (exact) mass is 515 g/mol. The van der Waals surface area contributed by atoms with Crippen molar-refractivity contribution in [3.05, 3.63) is 59.6 Å². The molecule has 10 heteroatoms. The average Bonchev–Trinajstić information content (AvgIpc) is 2.79. The van der Waals surface area contributed by atoms with Crippen LogP contribution < -0.4 is 21.1 Å². The molecule has 0 radical (unpaired) electrons. The number of Topliss-reactive ketones (excluding diaryl/α,β-unsaturated/α-hetero) is 1. The van der Waals surface area contributed by atoms with E-state index < -0.39 is 18.0 Å². The standard InChI is InChI=1S/C23H23BrFN5O3/c1-3-14(31)6-8-21(26)33-20-11-18-15(10-19(20)29-22(32)4-2)23(28-12-27-18)30-17-7-5-13(24)9-16(17)25/h4-5,7,9-12,21H,2-3,6,8,26H2,1H3,(H,29,32)(H,27,28,30). The van der Waals surface area contributed by atoms with E-state index in [4.69, 9.17) is 10.5 Å². The van der Waals surface area contributed by atoms with Crippen molar-refractivity contribution >= 4 is 55.7 Å². The molecule has 4 N–H and O–H groups in total. The summed E-state index contributed by atoms with van der Waals surface area (Å²) in [6.07, 6.45) is 2.70. The number of nitrogens with one attached hydrogen (secondary N) is 2. The van der Waals surface area contributed by atoms with E-state index in [0.717, 1.165) is 6.08 Å². The molecular weight excluding hydrogens is 493 g/mol. The van der Waals surface area contributed by atoms with Crippen LogP contribution >= 0.6 is 15.9 Å². The number of carbonyl (C=O) groups excluding carboxylic acids is 2. The van der Waals surface area contributed by atoms with Gasteiger partial charge >= 0.3 is 0 Å². The predicted molar refractivity (Wildman–Crippen MR) is 129 cm³/mol. The van der Waals surface area contributed by atoms with Gasteiger partial charge < -0.3 is 15.4 Å². The molecule has 3 rings (SSSR count). The lowest BCUT2D eigenvalue weighted by Gasteiger charge is -2.18. The van der Waals surface area contributed by atoms with Crippen LogP contribution in [0, 0.1) is 5.82 Å². The molecule has 0 saturated heterocycles. The number of halogens is 2. The first kappa shape index (κ1) is 24.3. The van der Waals surface area contributed by atoms with Crippen molar-refractivity contribution < 1.29 is 18.7 Å². The van der Waals surface area contributed by atoms with E-state index in [2.05, 4.69) is 43.1 Å². The van der Waals surface area contributed by atoms with Crippen LogP contribution in [-0.2, 0) is 9.59 Å². The van der Waals surface area contributed by atoms with Crippen LogP contribution in [0.4, 0.5) is 21.6 Å². The zero-order chi connectivity index (χ0) is 24.0. The van der Waals surface area contributed by atoms with Crippen molar-refractivity contribution in [2.75, 3.05) is 10.6 Å². The molecule has 0 aliphatic heterocycles. The van der Waals surface area contributed by atoms with Crippen LogP contribution in [0.3, 0.4) is 0 Å². The molecule has 0 bridgehead atoms. The molecule has 3 aromatic rings. The van der Waals surface area contributed by atoms with Crippen LogP contribution in [0.5, 0.6) is 5.75 Å². The number of nitrogens with zero attached hydrogens (tertiary/aromatic N) is 2.